The van der Waals surface area contributed by atoms with E-state index in [1.807, 2.05) is 27.1 Å². The maximum Gasteiger partial charge on any atom is 0.326 e. The fourth-order valence-electron chi connectivity index (χ4n) is 3.01. The number of imidazole rings is 1. The van der Waals surface area contributed by atoms with Crippen molar-refractivity contribution in [3.05, 3.63) is 17.7 Å². The topological polar surface area (TPSA) is 56.2 Å². The molecule has 118 valence electrons. The molecule has 2 rings (SSSR count). The molecular formula is C16H27N3O2. The number of nitrogens with zero attached hydrogens (tertiary/aromatic N) is 2. The van der Waals surface area contributed by atoms with Gasteiger partial charge < -0.3 is 14.6 Å². The quantitative estimate of drug-likeness (QED) is 0.782. The van der Waals surface area contributed by atoms with Gasteiger partial charge in [0, 0.05) is 12.2 Å². The van der Waals surface area contributed by atoms with Crippen LogP contribution in [0, 0.1) is 0 Å². The number of rotatable bonds is 7. The first-order chi connectivity index (χ1) is 10.1. The summed E-state index contributed by atoms with van der Waals surface area (Å²) < 4.78 is 7.43. The number of likely N-dealkylation sites (N-methyl/N-ethyl adjacent to an activating group) is 1. The molecule has 0 saturated heterocycles. The summed E-state index contributed by atoms with van der Waals surface area (Å²) in [6.45, 7) is 7.74. The lowest BCUT2D eigenvalue weighted by Gasteiger charge is -2.28. The first-order valence-corrected chi connectivity index (χ1v) is 8.06. The van der Waals surface area contributed by atoms with Crippen LogP contribution in [0.5, 0.6) is 0 Å². The Balaban J connectivity index is 2.04. The first-order valence-electron chi connectivity index (χ1n) is 8.06. The molecule has 1 aliphatic carbocycles. The number of aryl methyl sites for hydroxylation is 2. The molecule has 0 aromatic carbocycles. The molecule has 0 saturated carbocycles. The van der Waals surface area contributed by atoms with E-state index < -0.39 is 5.54 Å². The van der Waals surface area contributed by atoms with E-state index in [1.54, 1.807) is 0 Å². The number of esters is 1. The van der Waals surface area contributed by atoms with Gasteiger partial charge in [-0.05, 0) is 52.5 Å². The molecule has 1 atom stereocenters. The maximum atomic E-state index is 12.2. The van der Waals surface area contributed by atoms with Crippen molar-refractivity contribution in [2.45, 2.75) is 65.0 Å². The molecule has 5 heteroatoms. The minimum atomic E-state index is -0.628. The number of nitrogens with one attached hydrogen (secondary N) is 1. The van der Waals surface area contributed by atoms with E-state index in [4.69, 9.17) is 4.74 Å². The van der Waals surface area contributed by atoms with E-state index in [0.717, 1.165) is 25.9 Å². The third-order valence-electron chi connectivity index (χ3n) is 4.26. The van der Waals surface area contributed by atoms with E-state index in [9.17, 15) is 4.79 Å². The van der Waals surface area contributed by atoms with Gasteiger partial charge in [0.15, 0.2) is 0 Å². The molecule has 0 bridgehead atoms. The highest BCUT2D eigenvalue weighted by molar-refractivity contribution is 5.80. The second-order valence-corrected chi connectivity index (χ2v) is 5.87. The van der Waals surface area contributed by atoms with E-state index in [1.165, 1.54) is 24.2 Å². The molecule has 1 aliphatic rings. The minimum absolute atomic E-state index is 0.166. The third kappa shape index (κ3) is 3.64. The van der Waals surface area contributed by atoms with E-state index in [-0.39, 0.29) is 5.97 Å². The number of carbonyl (C=O) groups excluding carboxylic acids is 1. The molecule has 21 heavy (non-hydrogen) atoms. The zero-order chi connectivity index (χ0) is 15.3. The number of hydrogen-bond acceptors (Lipinski definition) is 4. The monoisotopic (exact) mass is 293 g/mol. The molecule has 0 amide bonds. The van der Waals surface area contributed by atoms with Crippen molar-refractivity contribution in [2.24, 2.45) is 0 Å². The van der Waals surface area contributed by atoms with Crippen molar-refractivity contribution >= 4 is 5.97 Å². The van der Waals surface area contributed by atoms with Gasteiger partial charge in [-0.1, -0.05) is 6.92 Å². The first kappa shape index (κ1) is 16.0. The van der Waals surface area contributed by atoms with Gasteiger partial charge in [0.25, 0.3) is 0 Å². The van der Waals surface area contributed by atoms with E-state index in [2.05, 4.69) is 14.9 Å². The Morgan fingerprint density at radius 2 is 2.19 bits per heavy atom. The SMILES string of the molecule is CCNC(C)(CCn1cnc2c1CCCC2)C(=O)OCC. The smallest absolute Gasteiger partial charge is 0.326 e. The lowest BCUT2D eigenvalue weighted by Crippen LogP contribution is -2.51. The minimum Gasteiger partial charge on any atom is -0.465 e. The Morgan fingerprint density at radius 3 is 2.90 bits per heavy atom. The van der Waals surface area contributed by atoms with Crippen molar-refractivity contribution in [3.63, 3.8) is 0 Å². The maximum absolute atomic E-state index is 12.2. The molecule has 1 aromatic heterocycles. The zero-order valence-electron chi connectivity index (χ0n) is 13.4. The van der Waals surface area contributed by atoms with Gasteiger partial charge in [0.1, 0.15) is 5.54 Å². The van der Waals surface area contributed by atoms with Gasteiger partial charge >= 0.3 is 5.97 Å². The second-order valence-electron chi connectivity index (χ2n) is 5.87. The molecule has 0 aliphatic heterocycles. The lowest BCUT2D eigenvalue weighted by atomic mass is 9.97. The van der Waals surface area contributed by atoms with Crippen LogP contribution in [-0.2, 0) is 28.9 Å². The van der Waals surface area contributed by atoms with Gasteiger partial charge in [-0.2, -0.15) is 0 Å². The molecule has 1 unspecified atom stereocenters. The summed E-state index contributed by atoms with van der Waals surface area (Å²) in [6.07, 6.45) is 7.30. The van der Waals surface area contributed by atoms with Crippen molar-refractivity contribution in [2.75, 3.05) is 13.2 Å². The Morgan fingerprint density at radius 1 is 1.43 bits per heavy atom. The fraction of sp³-hybridized carbons (Fsp3) is 0.750. The standard InChI is InChI=1S/C16H27N3O2/c1-4-18-16(3,15(20)21-5-2)10-11-19-12-17-13-8-6-7-9-14(13)19/h12,18H,4-11H2,1-3H3. The Kier molecular flexibility index (Phi) is 5.39. The highest BCUT2D eigenvalue weighted by atomic mass is 16.5. The summed E-state index contributed by atoms with van der Waals surface area (Å²) in [4.78, 5) is 16.7. The highest BCUT2D eigenvalue weighted by Gasteiger charge is 2.33. The molecule has 5 nitrogen and oxygen atoms in total. The van der Waals surface area contributed by atoms with Gasteiger partial charge in [-0.15, -0.1) is 0 Å². The van der Waals surface area contributed by atoms with Crippen LogP contribution in [0.2, 0.25) is 0 Å². The Hall–Kier alpha value is -1.36. The molecule has 0 radical (unpaired) electrons. The molecular weight excluding hydrogens is 266 g/mol. The van der Waals surface area contributed by atoms with Crippen LogP contribution < -0.4 is 5.32 Å². The summed E-state index contributed by atoms with van der Waals surface area (Å²) in [7, 11) is 0. The summed E-state index contributed by atoms with van der Waals surface area (Å²) in [5.74, 6) is -0.166. The third-order valence-corrected chi connectivity index (χ3v) is 4.26. The predicted octanol–water partition coefficient (Wildman–Crippen LogP) is 2.08. The zero-order valence-corrected chi connectivity index (χ0v) is 13.4. The van der Waals surface area contributed by atoms with Crippen LogP contribution in [0.1, 0.15) is 51.4 Å². The summed E-state index contributed by atoms with van der Waals surface area (Å²) in [5, 5.41) is 3.28. The normalized spacial score (nSPS) is 17.1. The van der Waals surface area contributed by atoms with Crippen LogP contribution in [0.25, 0.3) is 0 Å². The average molecular weight is 293 g/mol. The Bertz CT molecular complexity index is 484. The summed E-state index contributed by atoms with van der Waals surface area (Å²) in [6, 6.07) is 0. The van der Waals surface area contributed by atoms with Gasteiger partial charge in [-0.3, -0.25) is 4.79 Å². The van der Waals surface area contributed by atoms with Crippen molar-refractivity contribution < 1.29 is 9.53 Å². The van der Waals surface area contributed by atoms with Gasteiger partial charge in [-0.25, -0.2) is 4.98 Å². The average Bonchev–Trinajstić information content (AvgIpc) is 2.89. The van der Waals surface area contributed by atoms with Gasteiger partial charge in [0.2, 0.25) is 0 Å². The van der Waals surface area contributed by atoms with Crippen LogP contribution >= 0.6 is 0 Å². The van der Waals surface area contributed by atoms with E-state index >= 15 is 0 Å². The van der Waals surface area contributed by atoms with Crippen LogP contribution in [0.3, 0.4) is 0 Å². The van der Waals surface area contributed by atoms with Crippen LogP contribution in [0.15, 0.2) is 6.33 Å². The number of hydrogen-bond donors (Lipinski definition) is 1. The largest absolute Gasteiger partial charge is 0.465 e. The fourth-order valence-corrected chi connectivity index (χ4v) is 3.01. The molecule has 1 N–H and O–H groups in total. The summed E-state index contributed by atoms with van der Waals surface area (Å²) >= 11 is 0. The number of carbonyl (C=O) groups is 1. The van der Waals surface area contributed by atoms with Crippen molar-refractivity contribution in [1.29, 1.82) is 0 Å². The van der Waals surface area contributed by atoms with E-state index in [0.29, 0.717) is 13.0 Å². The highest BCUT2D eigenvalue weighted by Crippen LogP contribution is 2.21. The number of fused-ring (bicyclic) bond motifs is 1. The second kappa shape index (κ2) is 7.07. The molecule has 0 spiro atoms. The molecule has 1 aromatic rings. The van der Waals surface area contributed by atoms with Crippen LogP contribution in [0.4, 0.5) is 0 Å². The van der Waals surface area contributed by atoms with Crippen molar-refractivity contribution in [3.8, 4) is 0 Å². The molecule has 0 fully saturated rings. The van der Waals surface area contributed by atoms with Crippen LogP contribution in [-0.4, -0.2) is 34.2 Å². The predicted molar refractivity (Wildman–Crippen MR) is 82.2 cm³/mol. The molecule has 1 heterocycles. The number of aromatic nitrogens is 2. The van der Waals surface area contributed by atoms with Gasteiger partial charge in [0.05, 0.1) is 18.6 Å². The summed E-state index contributed by atoms with van der Waals surface area (Å²) in [5.41, 5.74) is 1.96. The van der Waals surface area contributed by atoms with Crippen molar-refractivity contribution in [1.82, 2.24) is 14.9 Å². The lowest BCUT2D eigenvalue weighted by molar-refractivity contribution is -0.150. The number of ether oxygens (including phenoxy) is 1. The Labute approximate surface area is 127 Å².